The maximum absolute atomic E-state index is 13.3. The van der Waals surface area contributed by atoms with E-state index in [2.05, 4.69) is 20.3 Å². The highest BCUT2D eigenvalue weighted by molar-refractivity contribution is 5.93. The number of aryl methyl sites for hydroxylation is 1. The summed E-state index contributed by atoms with van der Waals surface area (Å²) in [6, 6.07) is 5.64. The lowest BCUT2D eigenvalue weighted by molar-refractivity contribution is 0.198. The van der Waals surface area contributed by atoms with Crippen molar-refractivity contribution in [2.24, 2.45) is 0 Å². The number of H-pyrrole nitrogens is 1. The van der Waals surface area contributed by atoms with Gasteiger partial charge >= 0.3 is 6.03 Å². The van der Waals surface area contributed by atoms with Crippen molar-refractivity contribution in [1.29, 1.82) is 0 Å². The zero-order chi connectivity index (χ0) is 19.0. The van der Waals surface area contributed by atoms with Crippen molar-refractivity contribution < 1.29 is 9.18 Å². The molecule has 138 valence electrons. The number of amides is 2. The summed E-state index contributed by atoms with van der Waals surface area (Å²) >= 11 is 0. The Labute approximate surface area is 156 Å². The van der Waals surface area contributed by atoms with E-state index < -0.39 is 0 Å². The summed E-state index contributed by atoms with van der Waals surface area (Å²) in [5.41, 5.74) is 4.38. The van der Waals surface area contributed by atoms with Crippen LogP contribution in [-0.2, 0) is 0 Å². The van der Waals surface area contributed by atoms with Gasteiger partial charge in [0.2, 0.25) is 0 Å². The molecule has 2 N–H and O–H groups in total. The topological polar surface area (TPSA) is 73.9 Å². The SMILES string of the molecule is Cc1c[nH]c2ncnc(C3=CCN(C(=O)Nc4cccc(F)c4)C(C)C3)c12. The predicted octanol–water partition coefficient (Wildman–Crippen LogP) is 4.12. The summed E-state index contributed by atoms with van der Waals surface area (Å²) in [7, 11) is 0. The van der Waals surface area contributed by atoms with Crippen molar-refractivity contribution in [3.05, 3.63) is 59.9 Å². The Bertz CT molecular complexity index is 1040. The third-order valence-corrected chi connectivity index (χ3v) is 4.89. The normalized spacial score (nSPS) is 17.1. The van der Waals surface area contributed by atoms with Crippen molar-refractivity contribution in [2.45, 2.75) is 26.3 Å². The molecule has 4 rings (SSSR count). The van der Waals surface area contributed by atoms with Gasteiger partial charge in [-0.15, -0.1) is 0 Å². The predicted molar refractivity (Wildman–Crippen MR) is 103 cm³/mol. The van der Waals surface area contributed by atoms with Gasteiger partial charge in [0.05, 0.1) is 5.69 Å². The zero-order valence-electron chi connectivity index (χ0n) is 15.2. The van der Waals surface area contributed by atoms with E-state index in [1.54, 1.807) is 23.4 Å². The number of nitrogens with one attached hydrogen (secondary N) is 2. The minimum absolute atomic E-state index is 0.0113. The van der Waals surface area contributed by atoms with Crippen molar-refractivity contribution in [2.75, 3.05) is 11.9 Å². The number of hydrogen-bond donors (Lipinski definition) is 2. The van der Waals surface area contributed by atoms with Crippen LogP contribution >= 0.6 is 0 Å². The van der Waals surface area contributed by atoms with Crippen LogP contribution in [0, 0.1) is 12.7 Å². The fourth-order valence-corrected chi connectivity index (χ4v) is 3.50. The number of anilines is 1. The third-order valence-electron chi connectivity index (χ3n) is 4.89. The van der Waals surface area contributed by atoms with Gasteiger partial charge in [-0.3, -0.25) is 0 Å². The molecule has 0 radical (unpaired) electrons. The van der Waals surface area contributed by atoms with Gasteiger partial charge in [0.1, 0.15) is 17.8 Å². The molecule has 7 heteroatoms. The lowest BCUT2D eigenvalue weighted by Crippen LogP contribution is -2.43. The molecule has 0 spiro atoms. The van der Waals surface area contributed by atoms with Crippen LogP contribution in [0.4, 0.5) is 14.9 Å². The van der Waals surface area contributed by atoms with Crippen molar-refractivity contribution >= 4 is 28.3 Å². The van der Waals surface area contributed by atoms with Gasteiger partial charge in [-0.2, -0.15) is 0 Å². The van der Waals surface area contributed by atoms with E-state index in [-0.39, 0.29) is 17.9 Å². The Morgan fingerprint density at radius 2 is 2.22 bits per heavy atom. The van der Waals surface area contributed by atoms with Crippen LogP contribution in [0.3, 0.4) is 0 Å². The van der Waals surface area contributed by atoms with Gasteiger partial charge in [0.15, 0.2) is 0 Å². The summed E-state index contributed by atoms with van der Waals surface area (Å²) in [6.07, 6.45) is 6.20. The highest BCUT2D eigenvalue weighted by Gasteiger charge is 2.26. The van der Waals surface area contributed by atoms with Crippen LogP contribution in [0.15, 0.2) is 42.9 Å². The number of fused-ring (bicyclic) bond motifs is 1. The molecule has 2 amide bonds. The molecule has 2 aromatic heterocycles. The first-order valence-corrected chi connectivity index (χ1v) is 8.84. The van der Waals surface area contributed by atoms with E-state index in [4.69, 9.17) is 0 Å². The number of hydrogen-bond acceptors (Lipinski definition) is 3. The number of benzene rings is 1. The van der Waals surface area contributed by atoms with E-state index in [0.29, 0.717) is 18.7 Å². The Hall–Kier alpha value is -3.22. The molecule has 1 unspecified atom stereocenters. The van der Waals surface area contributed by atoms with Crippen molar-refractivity contribution in [1.82, 2.24) is 19.9 Å². The van der Waals surface area contributed by atoms with Gasteiger partial charge in [-0.25, -0.2) is 19.2 Å². The molecule has 0 bridgehead atoms. The summed E-state index contributed by atoms with van der Waals surface area (Å²) in [5, 5.41) is 3.78. The van der Waals surface area contributed by atoms with Gasteiger partial charge in [-0.1, -0.05) is 12.1 Å². The van der Waals surface area contributed by atoms with E-state index >= 15 is 0 Å². The molecule has 3 heterocycles. The molecular formula is C20H20FN5O. The maximum atomic E-state index is 13.3. The number of urea groups is 1. The first-order valence-electron chi connectivity index (χ1n) is 8.84. The molecule has 1 aliphatic rings. The second-order valence-electron chi connectivity index (χ2n) is 6.79. The summed E-state index contributed by atoms with van der Waals surface area (Å²) in [5.74, 6) is -0.378. The lowest BCUT2D eigenvalue weighted by Gasteiger charge is -2.33. The quantitative estimate of drug-likeness (QED) is 0.718. The second-order valence-corrected chi connectivity index (χ2v) is 6.79. The van der Waals surface area contributed by atoms with Gasteiger partial charge in [-0.05, 0) is 49.6 Å². The highest BCUT2D eigenvalue weighted by Crippen LogP contribution is 2.31. The first kappa shape index (κ1) is 17.2. The fourth-order valence-electron chi connectivity index (χ4n) is 3.50. The molecule has 0 fully saturated rings. The summed E-state index contributed by atoms with van der Waals surface area (Å²) in [4.78, 5) is 26.2. The fraction of sp³-hybridized carbons (Fsp3) is 0.250. The van der Waals surface area contributed by atoms with E-state index in [1.165, 1.54) is 12.1 Å². The standard InChI is InChI=1S/C20H20FN5O/c1-12-10-22-19-17(12)18(23-11-24-19)14-6-7-26(13(2)8-14)20(27)25-16-5-3-4-15(21)9-16/h3-6,9-11,13H,7-8H2,1-2H3,(H,25,27)(H,22,23,24). The summed E-state index contributed by atoms with van der Waals surface area (Å²) < 4.78 is 13.3. The van der Waals surface area contributed by atoms with Crippen LogP contribution < -0.4 is 5.32 Å². The maximum Gasteiger partial charge on any atom is 0.322 e. The van der Waals surface area contributed by atoms with Gasteiger partial charge in [0.25, 0.3) is 0 Å². The number of aromatic amines is 1. The largest absolute Gasteiger partial charge is 0.346 e. The number of nitrogens with zero attached hydrogens (tertiary/aromatic N) is 3. The molecule has 0 saturated heterocycles. The van der Waals surface area contributed by atoms with Crippen LogP contribution in [-0.4, -0.2) is 38.5 Å². The van der Waals surface area contributed by atoms with Crippen LogP contribution in [0.1, 0.15) is 24.6 Å². The minimum atomic E-state index is -0.378. The smallest absolute Gasteiger partial charge is 0.322 e. The van der Waals surface area contributed by atoms with Crippen molar-refractivity contribution in [3.63, 3.8) is 0 Å². The summed E-state index contributed by atoms with van der Waals surface area (Å²) in [6.45, 7) is 4.49. The molecule has 0 saturated carbocycles. The van der Waals surface area contributed by atoms with Gasteiger partial charge in [0, 0.05) is 29.9 Å². The Morgan fingerprint density at radius 1 is 1.37 bits per heavy atom. The molecule has 1 atom stereocenters. The zero-order valence-corrected chi connectivity index (χ0v) is 15.2. The van der Waals surface area contributed by atoms with Gasteiger partial charge < -0.3 is 15.2 Å². The molecule has 1 aromatic carbocycles. The van der Waals surface area contributed by atoms with E-state index in [0.717, 1.165) is 27.9 Å². The Morgan fingerprint density at radius 3 is 3.00 bits per heavy atom. The molecule has 27 heavy (non-hydrogen) atoms. The van der Waals surface area contributed by atoms with Crippen LogP contribution in [0.2, 0.25) is 0 Å². The van der Waals surface area contributed by atoms with Crippen LogP contribution in [0.25, 0.3) is 16.6 Å². The molecule has 1 aliphatic heterocycles. The monoisotopic (exact) mass is 365 g/mol. The van der Waals surface area contributed by atoms with Crippen molar-refractivity contribution in [3.8, 4) is 0 Å². The number of aromatic nitrogens is 3. The van der Waals surface area contributed by atoms with E-state index in [9.17, 15) is 9.18 Å². The minimum Gasteiger partial charge on any atom is -0.346 e. The molecule has 3 aromatic rings. The average Bonchev–Trinajstić information content (AvgIpc) is 3.03. The third kappa shape index (κ3) is 3.28. The number of carbonyl (C=O) groups excluding carboxylic acids is 1. The first-order chi connectivity index (χ1) is 13.0. The Balaban J connectivity index is 1.56. The van der Waals surface area contributed by atoms with E-state index in [1.807, 2.05) is 26.1 Å². The second kappa shape index (κ2) is 6.83. The molecule has 0 aliphatic carbocycles. The molecule has 6 nitrogen and oxygen atoms in total. The average molecular weight is 365 g/mol. The lowest BCUT2D eigenvalue weighted by atomic mass is 9.96. The number of halogens is 1. The number of rotatable bonds is 2. The number of carbonyl (C=O) groups is 1. The highest BCUT2D eigenvalue weighted by atomic mass is 19.1. The molecular weight excluding hydrogens is 345 g/mol. The van der Waals surface area contributed by atoms with Crippen LogP contribution in [0.5, 0.6) is 0 Å². The Kier molecular flexibility index (Phi) is 4.35.